The number of carbonyl (C=O) groups excluding carboxylic acids is 1. The summed E-state index contributed by atoms with van der Waals surface area (Å²) in [5.41, 5.74) is 3.30. The second-order valence-corrected chi connectivity index (χ2v) is 6.98. The monoisotopic (exact) mass is 396 g/mol. The SMILES string of the molecule is COCCNCCNC(=O)c1nn(-c2ccc(Cl)cc2Cl)c2c1CCC2. The van der Waals surface area contributed by atoms with Gasteiger partial charge in [0.05, 0.1) is 17.3 Å². The Bertz CT molecular complexity index is 792. The zero-order chi connectivity index (χ0) is 18.5. The van der Waals surface area contributed by atoms with Crippen molar-refractivity contribution in [1.29, 1.82) is 0 Å². The van der Waals surface area contributed by atoms with Crippen LogP contribution in [0.2, 0.25) is 10.0 Å². The number of amides is 1. The van der Waals surface area contributed by atoms with E-state index >= 15 is 0 Å². The first kappa shape index (κ1) is 19.2. The molecule has 0 aliphatic heterocycles. The first-order valence-corrected chi connectivity index (χ1v) is 9.41. The summed E-state index contributed by atoms with van der Waals surface area (Å²) >= 11 is 12.3. The van der Waals surface area contributed by atoms with Crippen molar-refractivity contribution in [2.45, 2.75) is 19.3 Å². The molecule has 8 heteroatoms. The summed E-state index contributed by atoms with van der Waals surface area (Å²) in [7, 11) is 1.66. The van der Waals surface area contributed by atoms with E-state index in [0.717, 1.165) is 42.8 Å². The molecule has 0 bridgehead atoms. The van der Waals surface area contributed by atoms with Crippen LogP contribution in [0.3, 0.4) is 0 Å². The summed E-state index contributed by atoms with van der Waals surface area (Å²) < 4.78 is 6.75. The second-order valence-electron chi connectivity index (χ2n) is 6.13. The lowest BCUT2D eigenvalue weighted by molar-refractivity contribution is 0.0947. The minimum atomic E-state index is -0.152. The summed E-state index contributed by atoms with van der Waals surface area (Å²) in [5.74, 6) is -0.152. The molecule has 1 aromatic heterocycles. The molecule has 0 atom stereocenters. The highest BCUT2D eigenvalue weighted by atomic mass is 35.5. The van der Waals surface area contributed by atoms with Crippen LogP contribution in [-0.2, 0) is 17.6 Å². The average Bonchev–Trinajstić information content (AvgIpc) is 3.21. The van der Waals surface area contributed by atoms with Crippen LogP contribution in [0.4, 0.5) is 0 Å². The molecular formula is C18H22Cl2N4O2. The largest absolute Gasteiger partial charge is 0.383 e. The quantitative estimate of drug-likeness (QED) is 0.672. The van der Waals surface area contributed by atoms with Crippen molar-refractivity contribution in [2.75, 3.05) is 33.4 Å². The lowest BCUT2D eigenvalue weighted by Gasteiger charge is -2.08. The standard InChI is InChI=1S/C18H22Cl2N4O2/c1-26-10-9-21-7-8-22-18(25)17-13-3-2-4-15(13)24(23-17)16-6-5-12(19)11-14(16)20/h5-6,11,21H,2-4,7-10H2,1H3,(H,22,25). The smallest absolute Gasteiger partial charge is 0.272 e. The van der Waals surface area contributed by atoms with Gasteiger partial charge in [0.2, 0.25) is 0 Å². The first-order valence-electron chi connectivity index (χ1n) is 8.66. The molecule has 0 saturated heterocycles. The van der Waals surface area contributed by atoms with Gasteiger partial charge in [-0.2, -0.15) is 5.10 Å². The minimum absolute atomic E-state index is 0.152. The summed E-state index contributed by atoms with van der Waals surface area (Å²) in [6, 6.07) is 5.29. The van der Waals surface area contributed by atoms with Crippen molar-refractivity contribution in [3.63, 3.8) is 0 Å². The lowest BCUT2D eigenvalue weighted by atomic mass is 10.2. The molecule has 0 saturated carbocycles. The fraction of sp³-hybridized carbons (Fsp3) is 0.444. The predicted octanol–water partition coefficient (Wildman–Crippen LogP) is 2.63. The van der Waals surface area contributed by atoms with Crippen molar-refractivity contribution in [2.24, 2.45) is 0 Å². The molecule has 1 heterocycles. The molecule has 1 aliphatic carbocycles. The molecular weight excluding hydrogens is 375 g/mol. The van der Waals surface area contributed by atoms with Crippen molar-refractivity contribution < 1.29 is 9.53 Å². The second kappa shape index (κ2) is 8.86. The third kappa shape index (κ3) is 4.20. The number of nitrogens with zero attached hydrogens (tertiary/aromatic N) is 2. The maximum absolute atomic E-state index is 12.6. The Kier molecular flexibility index (Phi) is 6.53. The zero-order valence-electron chi connectivity index (χ0n) is 14.6. The van der Waals surface area contributed by atoms with Gasteiger partial charge < -0.3 is 15.4 Å². The van der Waals surface area contributed by atoms with Crippen molar-refractivity contribution in [1.82, 2.24) is 20.4 Å². The molecule has 0 unspecified atom stereocenters. The molecule has 1 aliphatic rings. The molecule has 3 rings (SSSR count). The number of aromatic nitrogens is 2. The van der Waals surface area contributed by atoms with Crippen LogP contribution in [-0.4, -0.2) is 49.0 Å². The Labute approximate surface area is 162 Å². The van der Waals surface area contributed by atoms with Gasteiger partial charge in [0, 0.05) is 43.0 Å². The zero-order valence-corrected chi connectivity index (χ0v) is 16.2. The van der Waals surface area contributed by atoms with Crippen LogP contribution in [0.5, 0.6) is 0 Å². The highest BCUT2D eigenvalue weighted by Gasteiger charge is 2.27. The maximum Gasteiger partial charge on any atom is 0.272 e. The molecule has 1 aromatic carbocycles. The predicted molar refractivity (Wildman–Crippen MR) is 103 cm³/mol. The van der Waals surface area contributed by atoms with E-state index in [9.17, 15) is 4.79 Å². The van der Waals surface area contributed by atoms with Gasteiger partial charge in [0.15, 0.2) is 5.69 Å². The van der Waals surface area contributed by atoms with Gasteiger partial charge >= 0.3 is 0 Å². The van der Waals surface area contributed by atoms with Crippen molar-refractivity contribution >= 4 is 29.1 Å². The van der Waals surface area contributed by atoms with E-state index < -0.39 is 0 Å². The van der Waals surface area contributed by atoms with Gasteiger partial charge in [0.1, 0.15) is 0 Å². The normalized spacial score (nSPS) is 13.0. The Balaban J connectivity index is 1.74. The van der Waals surface area contributed by atoms with Gasteiger partial charge in [-0.3, -0.25) is 4.79 Å². The molecule has 2 aromatic rings. The van der Waals surface area contributed by atoms with Crippen molar-refractivity contribution in [3.05, 3.63) is 45.2 Å². The number of rotatable bonds is 8. The van der Waals surface area contributed by atoms with Gasteiger partial charge in [-0.05, 0) is 37.5 Å². The highest BCUT2D eigenvalue weighted by Crippen LogP contribution is 2.31. The van der Waals surface area contributed by atoms with Crippen molar-refractivity contribution in [3.8, 4) is 5.69 Å². The molecule has 6 nitrogen and oxygen atoms in total. The molecule has 1 amide bonds. The highest BCUT2D eigenvalue weighted by molar-refractivity contribution is 6.35. The van der Waals surface area contributed by atoms with Crippen LogP contribution in [0, 0.1) is 0 Å². The van der Waals surface area contributed by atoms with Gasteiger partial charge in [-0.1, -0.05) is 23.2 Å². The van der Waals surface area contributed by atoms with Crippen LogP contribution in [0.15, 0.2) is 18.2 Å². The molecule has 0 spiro atoms. The summed E-state index contributed by atoms with van der Waals surface area (Å²) in [6.07, 6.45) is 2.75. The maximum atomic E-state index is 12.6. The Morgan fingerprint density at radius 3 is 2.88 bits per heavy atom. The van der Waals surface area contributed by atoms with E-state index in [4.69, 9.17) is 27.9 Å². The number of methoxy groups -OCH3 is 1. The first-order chi connectivity index (χ1) is 12.6. The van der Waals surface area contributed by atoms with E-state index in [0.29, 0.717) is 35.4 Å². The number of fused-ring (bicyclic) bond motifs is 1. The van der Waals surface area contributed by atoms with E-state index in [1.807, 2.05) is 6.07 Å². The number of hydrogen-bond donors (Lipinski definition) is 2. The molecule has 26 heavy (non-hydrogen) atoms. The number of carbonyl (C=O) groups is 1. The number of nitrogens with one attached hydrogen (secondary N) is 2. The van der Waals surface area contributed by atoms with E-state index in [2.05, 4.69) is 15.7 Å². The number of halogens is 2. The lowest BCUT2D eigenvalue weighted by Crippen LogP contribution is -2.33. The number of benzene rings is 1. The van der Waals surface area contributed by atoms with Gasteiger partial charge in [-0.25, -0.2) is 4.68 Å². The molecule has 140 valence electrons. The fourth-order valence-corrected chi connectivity index (χ4v) is 3.61. The molecule has 0 radical (unpaired) electrons. The molecule has 2 N–H and O–H groups in total. The third-order valence-electron chi connectivity index (χ3n) is 4.35. The third-order valence-corrected chi connectivity index (χ3v) is 4.89. The minimum Gasteiger partial charge on any atom is -0.383 e. The summed E-state index contributed by atoms with van der Waals surface area (Å²) in [4.78, 5) is 12.6. The van der Waals surface area contributed by atoms with Crippen LogP contribution in [0.25, 0.3) is 5.69 Å². The average molecular weight is 397 g/mol. The van der Waals surface area contributed by atoms with Gasteiger partial charge in [0.25, 0.3) is 5.91 Å². The van der Waals surface area contributed by atoms with E-state index in [1.54, 1.807) is 23.9 Å². The summed E-state index contributed by atoms with van der Waals surface area (Å²) in [5, 5.41) is 11.8. The van der Waals surface area contributed by atoms with Crippen LogP contribution in [0.1, 0.15) is 28.2 Å². The van der Waals surface area contributed by atoms with Crippen LogP contribution >= 0.6 is 23.2 Å². The van der Waals surface area contributed by atoms with E-state index in [-0.39, 0.29) is 5.91 Å². The molecule has 0 fully saturated rings. The van der Waals surface area contributed by atoms with Crippen LogP contribution < -0.4 is 10.6 Å². The topological polar surface area (TPSA) is 68.2 Å². The fourth-order valence-electron chi connectivity index (χ4n) is 3.12. The van der Waals surface area contributed by atoms with E-state index in [1.165, 1.54) is 0 Å². The Hall–Kier alpha value is -1.60. The number of hydrogen-bond acceptors (Lipinski definition) is 4. The number of ether oxygens (including phenoxy) is 1. The summed E-state index contributed by atoms with van der Waals surface area (Å²) in [6.45, 7) is 2.62. The Morgan fingerprint density at radius 1 is 1.27 bits per heavy atom. The van der Waals surface area contributed by atoms with Gasteiger partial charge in [-0.15, -0.1) is 0 Å². The Morgan fingerprint density at radius 2 is 2.12 bits per heavy atom.